The minimum absolute atomic E-state index is 0.206. The quantitative estimate of drug-likeness (QED) is 0.614. The molecule has 1 aromatic heterocycles. The summed E-state index contributed by atoms with van der Waals surface area (Å²) < 4.78 is 5.16. The maximum Gasteiger partial charge on any atom is 0.270 e. The summed E-state index contributed by atoms with van der Waals surface area (Å²) in [5, 5.41) is 6.13. The third-order valence-electron chi connectivity index (χ3n) is 4.48. The van der Waals surface area contributed by atoms with Gasteiger partial charge >= 0.3 is 0 Å². The van der Waals surface area contributed by atoms with Gasteiger partial charge in [0.15, 0.2) is 0 Å². The first-order valence-corrected chi connectivity index (χ1v) is 9.60. The number of nitrogens with zero attached hydrogens (tertiary/aromatic N) is 2. The Morgan fingerprint density at radius 1 is 1.00 bits per heavy atom. The average molecular weight is 390 g/mol. The lowest BCUT2D eigenvalue weighted by molar-refractivity contribution is 0.0949. The summed E-state index contributed by atoms with van der Waals surface area (Å²) in [5.41, 5.74) is 4.57. The van der Waals surface area contributed by atoms with Crippen LogP contribution in [0.4, 0.5) is 5.95 Å². The first-order valence-electron chi connectivity index (χ1n) is 9.60. The van der Waals surface area contributed by atoms with Crippen molar-refractivity contribution in [1.82, 2.24) is 15.3 Å². The summed E-state index contributed by atoms with van der Waals surface area (Å²) in [6, 6.07) is 17.7. The number of methoxy groups -OCH3 is 1. The normalized spacial score (nSPS) is 10.4. The van der Waals surface area contributed by atoms with E-state index in [2.05, 4.69) is 39.7 Å². The van der Waals surface area contributed by atoms with Crippen molar-refractivity contribution in [2.45, 2.75) is 26.8 Å². The molecule has 6 nitrogen and oxygen atoms in total. The van der Waals surface area contributed by atoms with Crippen molar-refractivity contribution >= 4 is 11.9 Å². The molecule has 1 amide bonds. The molecule has 3 rings (SSSR count). The molecule has 3 aromatic rings. The van der Waals surface area contributed by atoms with Crippen molar-refractivity contribution in [1.29, 1.82) is 0 Å². The summed E-state index contributed by atoms with van der Waals surface area (Å²) in [5.74, 6) is 1.06. The Morgan fingerprint density at radius 3 is 2.52 bits per heavy atom. The molecule has 0 aliphatic heterocycles. The zero-order valence-electron chi connectivity index (χ0n) is 17.0. The lowest BCUT2D eigenvalue weighted by Crippen LogP contribution is -2.27. The topological polar surface area (TPSA) is 76.1 Å². The molecule has 0 unspecified atom stereocenters. The Labute approximate surface area is 171 Å². The Hall–Kier alpha value is -3.41. The number of hydrogen-bond acceptors (Lipinski definition) is 5. The van der Waals surface area contributed by atoms with E-state index in [0.29, 0.717) is 24.7 Å². The van der Waals surface area contributed by atoms with E-state index in [-0.39, 0.29) is 5.91 Å². The Morgan fingerprint density at radius 2 is 1.79 bits per heavy atom. The summed E-state index contributed by atoms with van der Waals surface area (Å²) in [4.78, 5) is 21.3. The van der Waals surface area contributed by atoms with Crippen LogP contribution >= 0.6 is 0 Å². The van der Waals surface area contributed by atoms with Crippen molar-refractivity contribution in [2.75, 3.05) is 19.0 Å². The predicted molar refractivity (Wildman–Crippen MR) is 114 cm³/mol. The fraction of sp³-hybridized carbons (Fsp3) is 0.261. The highest BCUT2D eigenvalue weighted by Crippen LogP contribution is 2.12. The van der Waals surface area contributed by atoms with Crippen LogP contribution in [0.2, 0.25) is 0 Å². The van der Waals surface area contributed by atoms with Crippen LogP contribution in [0.15, 0.2) is 54.6 Å². The smallest absolute Gasteiger partial charge is 0.270 e. The second-order valence-corrected chi connectivity index (χ2v) is 6.91. The van der Waals surface area contributed by atoms with Gasteiger partial charge in [0.05, 0.1) is 7.11 Å². The monoisotopic (exact) mass is 390 g/mol. The number of benzene rings is 2. The summed E-state index contributed by atoms with van der Waals surface area (Å²) in [7, 11) is 1.64. The number of aromatic nitrogens is 2. The molecule has 0 aliphatic rings. The van der Waals surface area contributed by atoms with Crippen molar-refractivity contribution < 1.29 is 9.53 Å². The number of amides is 1. The molecule has 150 valence electrons. The van der Waals surface area contributed by atoms with E-state index < -0.39 is 0 Å². The second-order valence-electron chi connectivity index (χ2n) is 6.91. The molecule has 2 aromatic carbocycles. The fourth-order valence-corrected chi connectivity index (χ4v) is 2.97. The highest BCUT2D eigenvalue weighted by Gasteiger charge is 2.10. The first-order chi connectivity index (χ1) is 14.0. The number of aryl methyl sites for hydroxylation is 2. The van der Waals surface area contributed by atoms with Gasteiger partial charge in [-0.3, -0.25) is 4.79 Å². The summed E-state index contributed by atoms with van der Waals surface area (Å²) >= 11 is 0. The zero-order valence-corrected chi connectivity index (χ0v) is 17.0. The van der Waals surface area contributed by atoms with Gasteiger partial charge in [-0.05, 0) is 49.6 Å². The fourth-order valence-electron chi connectivity index (χ4n) is 2.97. The molecule has 0 saturated heterocycles. The highest BCUT2D eigenvalue weighted by molar-refractivity contribution is 5.92. The van der Waals surface area contributed by atoms with E-state index >= 15 is 0 Å². The number of ether oxygens (including phenoxy) is 1. The molecule has 29 heavy (non-hydrogen) atoms. The van der Waals surface area contributed by atoms with Gasteiger partial charge < -0.3 is 15.4 Å². The van der Waals surface area contributed by atoms with Crippen LogP contribution in [-0.4, -0.2) is 29.5 Å². The van der Waals surface area contributed by atoms with Crippen LogP contribution in [-0.2, 0) is 13.0 Å². The van der Waals surface area contributed by atoms with Crippen LogP contribution in [0.25, 0.3) is 0 Å². The van der Waals surface area contributed by atoms with E-state index in [1.54, 1.807) is 13.2 Å². The van der Waals surface area contributed by atoms with E-state index in [1.807, 2.05) is 43.3 Å². The SMILES string of the molecule is COc1ccc(CCNC(=O)c2cc(C)nc(NCc3cccc(C)c3)n2)cc1. The van der Waals surface area contributed by atoms with Crippen LogP contribution < -0.4 is 15.4 Å². The average Bonchev–Trinajstić information content (AvgIpc) is 2.72. The number of anilines is 1. The number of rotatable bonds is 8. The van der Waals surface area contributed by atoms with Gasteiger partial charge in [-0.2, -0.15) is 0 Å². The Kier molecular flexibility index (Phi) is 6.79. The van der Waals surface area contributed by atoms with Gasteiger partial charge in [0.25, 0.3) is 5.91 Å². The Balaban J connectivity index is 1.56. The number of carbonyl (C=O) groups excluding carboxylic acids is 1. The molecular formula is C23H26N4O2. The van der Waals surface area contributed by atoms with E-state index in [1.165, 1.54) is 5.56 Å². The van der Waals surface area contributed by atoms with Crippen LogP contribution in [0.1, 0.15) is 32.9 Å². The number of hydrogen-bond donors (Lipinski definition) is 2. The van der Waals surface area contributed by atoms with Crippen molar-refractivity contribution in [3.8, 4) is 5.75 Å². The molecule has 2 N–H and O–H groups in total. The third kappa shape index (κ3) is 6.04. The predicted octanol–water partition coefficient (Wildman–Crippen LogP) is 3.69. The minimum atomic E-state index is -0.206. The molecule has 0 aliphatic carbocycles. The van der Waals surface area contributed by atoms with Crippen LogP contribution in [0.5, 0.6) is 5.75 Å². The number of carbonyl (C=O) groups is 1. The van der Waals surface area contributed by atoms with E-state index in [4.69, 9.17) is 4.74 Å². The van der Waals surface area contributed by atoms with Gasteiger partial charge in [0, 0.05) is 18.8 Å². The lowest BCUT2D eigenvalue weighted by atomic mass is 10.1. The van der Waals surface area contributed by atoms with Crippen molar-refractivity contribution in [3.05, 3.63) is 82.7 Å². The molecular weight excluding hydrogens is 364 g/mol. The third-order valence-corrected chi connectivity index (χ3v) is 4.48. The largest absolute Gasteiger partial charge is 0.497 e. The molecule has 6 heteroatoms. The van der Waals surface area contributed by atoms with Crippen molar-refractivity contribution in [3.63, 3.8) is 0 Å². The molecule has 0 bridgehead atoms. The van der Waals surface area contributed by atoms with E-state index in [0.717, 1.165) is 29.0 Å². The van der Waals surface area contributed by atoms with Crippen molar-refractivity contribution in [2.24, 2.45) is 0 Å². The first kappa shape index (κ1) is 20.3. The van der Waals surface area contributed by atoms with Crippen LogP contribution in [0, 0.1) is 13.8 Å². The summed E-state index contributed by atoms with van der Waals surface area (Å²) in [6.07, 6.45) is 0.734. The molecule has 1 heterocycles. The Bertz CT molecular complexity index is 971. The van der Waals surface area contributed by atoms with Gasteiger partial charge in [-0.1, -0.05) is 42.0 Å². The van der Waals surface area contributed by atoms with Gasteiger partial charge in [-0.15, -0.1) is 0 Å². The van der Waals surface area contributed by atoms with Gasteiger partial charge in [-0.25, -0.2) is 9.97 Å². The molecule has 0 saturated carbocycles. The second kappa shape index (κ2) is 9.68. The summed E-state index contributed by atoms with van der Waals surface area (Å²) in [6.45, 7) is 5.04. The highest BCUT2D eigenvalue weighted by atomic mass is 16.5. The van der Waals surface area contributed by atoms with E-state index in [9.17, 15) is 4.79 Å². The van der Waals surface area contributed by atoms with Crippen LogP contribution in [0.3, 0.4) is 0 Å². The zero-order chi connectivity index (χ0) is 20.6. The lowest BCUT2D eigenvalue weighted by Gasteiger charge is -2.10. The standard InChI is InChI=1S/C23H26N4O2/c1-16-5-4-6-19(13-16)15-25-23-26-17(2)14-21(27-23)22(28)24-12-11-18-7-9-20(29-3)10-8-18/h4-10,13-14H,11-12,15H2,1-3H3,(H,24,28)(H,25,26,27). The maximum atomic E-state index is 12.5. The maximum absolute atomic E-state index is 12.5. The number of nitrogens with one attached hydrogen (secondary N) is 2. The van der Waals surface area contributed by atoms with Gasteiger partial charge in [0.1, 0.15) is 11.4 Å². The molecule has 0 spiro atoms. The van der Waals surface area contributed by atoms with Gasteiger partial charge in [0.2, 0.25) is 5.95 Å². The molecule has 0 atom stereocenters. The molecule has 0 fully saturated rings. The minimum Gasteiger partial charge on any atom is -0.497 e. The molecule has 0 radical (unpaired) electrons.